The Morgan fingerprint density at radius 2 is 1.35 bits per heavy atom. The first-order valence-corrected chi connectivity index (χ1v) is 9.29. The van der Waals surface area contributed by atoms with Crippen molar-refractivity contribution in [3.63, 3.8) is 0 Å². The second-order valence-electron chi connectivity index (χ2n) is 7.80. The number of Topliss-reactive ketones (excluding diaryl/α,β-unsaturated/α-hetero) is 1. The maximum absolute atomic E-state index is 12.0. The van der Waals surface area contributed by atoms with Gasteiger partial charge in [0.25, 0.3) is 0 Å². The van der Waals surface area contributed by atoms with Crippen LogP contribution in [0.15, 0.2) is 0 Å². The number of ketones is 1. The Labute approximate surface area is 152 Å². The summed E-state index contributed by atoms with van der Waals surface area (Å²) in [6.07, 6.45) is 2.22. The van der Waals surface area contributed by atoms with Crippen molar-refractivity contribution in [2.24, 2.45) is 5.41 Å². The molecule has 0 saturated carbocycles. The molecule has 4 heteroatoms. The number of alkyl halides is 2. The molecule has 0 spiro atoms. The highest BCUT2D eigenvalue weighted by molar-refractivity contribution is 14.1. The van der Waals surface area contributed by atoms with Crippen LogP contribution in [0.25, 0.3) is 0 Å². The standard InChI is InChI=1S/C16H30I2O2/c1-13(2,9-10-14(3,4)17)16(7,8)20-11-12(19)15(5,6)18/h9-11H2,1-8H3. The van der Waals surface area contributed by atoms with E-state index in [1.54, 1.807) is 0 Å². The summed E-state index contributed by atoms with van der Waals surface area (Å²) >= 11 is 4.66. The Bertz CT molecular complexity index is 333. The van der Waals surface area contributed by atoms with Gasteiger partial charge in [0.1, 0.15) is 6.61 Å². The van der Waals surface area contributed by atoms with E-state index < -0.39 is 0 Å². The highest BCUT2D eigenvalue weighted by Gasteiger charge is 2.39. The van der Waals surface area contributed by atoms with Crippen molar-refractivity contribution in [2.45, 2.75) is 80.7 Å². The van der Waals surface area contributed by atoms with Crippen LogP contribution in [0.3, 0.4) is 0 Å². The minimum Gasteiger partial charge on any atom is -0.367 e. The van der Waals surface area contributed by atoms with Crippen LogP contribution in [0.4, 0.5) is 0 Å². The first-order valence-electron chi connectivity index (χ1n) is 7.14. The van der Waals surface area contributed by atoms with Crippen molar-refractivity contribution in [2.75, 3.05) is 6.61 Å². The van der Waals surface area contributed by atoms with Crippen molar-refractivity contribution >= 4 is 51.0 Å². The molecule has 0 aliphatic carbocycles. The molecule has 0 amide bonds. The van der Waals surface area contributed by atoms with Gasteiger partial charge in [-0.3, -0.25) is 4.79 Å². The van der Waals surface area contributed by atoms with E-state index in [2.05, 4.69) is 86.7 Å². The van der Waals surface area contributed by atoms with Gasteiger partial charge in [-0.2, -0.15) is 0 Å². The molecule has 0 aliphatic heterocycles. The number of hydrogen-bond acceptors (Lipinski definition) is 2. The molecule has 0 rings (SSSR count). The molecule has 0 fully saturated rings. The van der Waals surface area contributed by atoms with E-state index >= 15 is 0 Å². The normalized spacial score (nSPS) is 14.5. The number of rotatable bonds is 8. The fourth-order valence-corrected chi connectivity index (χ4v) is 1.95. The van der Waals surface area contributed by atoms with Crippen LogP contribution in [0.2, 0.25) is 0 Å². The Morgan fingerprint density at radius 1 is 0.900 bits per heavy atom. The second kappa shape index (κ2) is 7.11. The van der Waals surface area contributed by atoms with Gasteiger partial charge in [-0.05, 0) is 46.0 Å². The third-order valence-corrected chi connectivity index (χ3v) is 5.34. The monoisotopic (exact) mass is 508 g/mol. The van der Waals surface area contributed by atoms with Crippen LogP contribution < -0.4 is 0 Å². The molecule has 0 heterocycles. The third kappa shape index (κ3) is 7.38. The molecule has 0 radical (unpaired) electrons. The van der Waals surface area contributed by atoms with E-state index in [-0.39, 0.29) is 26.8 Å². The molecule has 120 valence electrons. The van der Waals surface area contributed by atoms with Gasteiger partial charge >= 0.3 is 0 Å². The lowest BCUT2D eigenvalue weighted by Crippen LogP contribution is -2.44. The maximum Gasteiger partial charge on any atom is 0.173 e. The van der Waals surface area contributed by atoms with Crippen LogP contribution in [-0.4, -0.2) is 24.8 Å². The highest BCUT2D eigenvalue weighted by atomic mass is 127. The third-order valence-electron chi connectivity index (χ3n) is 4.20. The summed E-state index contributed by atoms with van der Waals surface area (Å²) in [6, 6.07) is 0. The van der Waals surface area contributed by atoms with E-state index in [1.807, 2.05) is 13.8 Å². The molecule has 0 bridgehead atoms. The molecule has 0 unspecified atom stereocenters. The Balaban J connectivity index is 4.65. The molecule has 0 aromatic rings. The maximum atomic E-state index is 12.0. The summed E-state index contributed by atoms with van der Waals surface area (Å²) in [5.74, 6) is 0.149. The summed E-state index contributed by atoms with van der Waals surface area (Å²) in [5, 5.41) is 0. The van der Waals surface area contributed by atoms with Crippen molar-refractivity contribution < 1.29 is 9.53 Å². The molecule has 20 heavy (non-hydrogen) atoms. The Kier molecular flexibility index (Phi) is 7.50. The predicted molar refractivity (Wildman–Crippen MR) is 104 cm³/mol. The van der Waals surface area contributed by atoms with E-state index in [1.165, 1.54) is 0 Å². The van der Waals surface area contributed by atoms with Crippen molar-refractivity contribution in [3.05, 3.63) is 0 Å². The lowest BCUT2D eigenvalue weighted by Gasteiger charge is -2.42. The van der Waals surface area contributed by atoms with E-state index in [4.69, 9.17) is 4.74 Å². The fourth-order valence-electron chi connectivity index (χ4n) is 1.52. The summed E-state index contributed by atoms with van der Waals surface area (Å²) < 4.78 is 5.93. The topological polar surface area (TPSA) is 26.3 Å². The van der Waals surface area contributed by atoms with Crippen molar-refractivity contribution in [1.82, 2.24) is 0 Å². The van der Waals surface area contributed by atoms with Crippen LogP contribution in [0.5, 0.6) is 0 Å². The minimum atomic E-state index is -0.359. The Morgan fingerprint density at radius 3 is 1.70 bits per heavy atom. The fraction of sp³-hybridized carbons (Fsp3) is 0.938. The van der Waals surface area contributed by atoms with Crippen LogP contribution in [0.1, 0.15) is 68.2 Å². The number of carbonyl (C=O) groups is 1. The molecule has 0 saturated heterocycles. The summed E-state index contributed by atoms with van der Waals surface area (Å²) in [4.78, 5) is 12.0. The molecule has 0 N–H and O–H groups in total. The van der Waals surface area contributed by atoms with Crippen LogP contribution >= 0.6 is 45.2 Å². The van der Waals surface area contributed by atoms with Gasteiger partial charge in [-0.15, -0.1) is 0 Å². The smallest absolute Gasteiger partial charge is 0.173 e. The number of ether oxygens (including phenoxy) is 1. The van der Waals surface area contributed by atoms with E-state index in [0.717, 1.165) is 12.8 Å². The van der Waals surface area contributed by atoms with Gasteiger partial charge < -0.3 is 4.74 Å². The average molecular weight is 508 g/mol. The zero-order valence-electron chi connectivity index (χ0n) is 14.2. The van der Waals surface area contributed by atoms with Gasteiger partial charge in [-0.1, -0.05) is 72.9 Å². The first kappa shape index (κ1) is 21.1. The number of hydrogen-bond donors (Lipinski definition) is 0. The van der Waals surface area contributed by atoms with Gasteiger partial charge in [0.2, 0.25) is 0 Å². The SMILES string of the molecule is CC(C)(I)CCC(C)(C)C(C)(C)OCC(=O)C(C)(C)I. The number of carbonyl (C=O) groups excluding carboxylic acids is 1. The molecule has 0 aliphatic rings. The highest BCUT2D eigenvalue weighted by Crippen LogP contribution is 2.41. The molecule has 0 aromatic carbocycles. The van der Waals surface area contributed by atoms with Gasteiger partial charge in [0.15, 0.2) is 5.78 Å². The van der Waals surface area contributed by atoms with Crippen LogP contribution in [0, 0.1) is 5.41 Å². The molecule has 2 nitrogen and oxygen atoms in total. The average Bonchev–Trinajstić information content (AvgIpc) is 2.20. The molecular weight excluding hydrogens is 478 g/mol. The van der Waals surface area contributed by atoms with Crippen molar-refractivity contribution in [3.8, 4) is 0 Å². The summed E-state index contributed by atoms with van der Waals surface area (Å²) in [5.41, 5.74) is -0.280. The quantitative estimate of drug-likeness (QED) is 0.316. The second-order valence-corrected chi connectivity index (χ2v) is 13.4. The summed E-state index contributed by atoms with van der Waals surface area (Å²) in [6.45, 7) is 17.2. The van der Waals surface area contributed by atoms with Gasteiger partial charge in [0.05, 0.1) is 9.02 Å². The zero-order chi connectivity index (χ0) is 16.4. The molecular formula is C16H30I2O2. The molecule has 0 atom stereocenters. The lowest BCUT2D eigenvalue weighted by atomic mass is 9.72. The van der Waals surface area contributed by atoms with Gasteiger partial charge in [-0.25, -0.2) is 0 Å². The van der Waals surface area contributed by atoms with E-state index in [0.29, 0.717) is 3.42 Å². The largest absolute Gasteiger partial charge is 0.367 e. The first-order chi connectivity index (χ1) is 8.58. The van der Waals surface area contributed by atoms with Crippen molar-refractivity contribution in [1.29, 1.82) is 0 Å². The van der Waals surface area contributed by atoms with Gasteiger partial charge in [0, 0.05) is 3.42 Å². The van der Waals surface area contributed by atoms with E-state index in [9.17, 15) is 4.79 Å². The minimum absolute atomic E-state index is 0.0329. The summed E-state index contributed by atoms with van der Waals surface area (Å²) in [7, 11) is 0. The lowest BCUT2D eigenvalue weighted by molar-refractivity contribution is -0.141. The number of halogens is 2. The Hall–Kier alpha value is 1.09. The molecule has 0 aromatic heterocycles. The van der Waals surface area contributed by atoms with Crippen LogP contribution in [-0.2, 0) is 9.53 Å². The zero-order valence-corrected chi connectivity index (χ0v) is 18.5. The predicted octanol–water partition coefficient (Wildman–Crippen LogP) is 5.58.